The first kappa shape index (κ1) is 40.3. The van der Waals surface area contributed by atoms with Crippen molar-refractivity contribution in [3.05, 3.63) is 48.6 Å². The van der Waals surface area contributed by atoms with E-state index in [4.69, 9.17) is 0 Å². The fourth-order valence-electron chi connectivity index (χ4n) is 4.80. The number of aliphatic hydroxyl groups excluding tert-OH is 1. The summed E-state index contributed by atoms with van der Waals surface area (Å²) in [5.74, 6) is -0.956. The summed E-state index contributed by atoms with van der Waals surface area (Å²) in [6.45, 7) is 4.37. The molecule has 42 heavy (non-hydrogen) atoms. The Kier molecular flexibility index (Phi) is 28.2. The Balaban J connectivity index is 4.08. The van der Waals surface area contributed by atoms with Crippen molar-refractivity contribution in [1.82, 2.24) is 5.32 Å². The highest BCUT2D eigenvalue weighted by molar-refractivity contribution is 7.85. The lowest BCUT2D eigenvalue weighted by atomic mass is 10.0. The minimum Gasteiger partial charge on any atom is -0.391 e. The number of unbranched alkanes of at least 4 members (excludes halogenated alkanes) is 13. The first-order chi connectivity index (χ1) is 20.3. The summed E-state index contributed by atoms with van der Waals surface area (Å²) in [5, 5.41) is 13.2. The smallest absolute Gasteiger partial charge is 0.266 e. The molecule has 0 bridgehead atoms. The number of rotatable bonds is 29. The van der Waals surface area contributed by atoms with Crippen LogP contribution in [-0.4, -0.2) is 41.9 Å². The number of nitrogens with one attached hydrogen (secondary N) is 1. The molecule has 0 fully saturated rings. The van der Waals surface area contributed by atoms with Crippen molar-refractivity contribution in [2.45, 2.75) is 161 Å². The maximum absolute atomic E-state index is 12.4. The third-order valence-electron chi connectivity index (χ3n) is 7.30. The minimum absolute atomic E-state index is 0.265. The third-order valence-corrected chi connectivity index (χ3v) is 8.08. The molecule has 6 nitrogen and oxygen atoms in total. The normalized spacial score (nSPS) is 14.1. The van der Waals surface area contributed by atoms with Gasteiger partial charge in [-0.2, -0.15) is 8.42 Å². The molecule has 0 heterocycles. The highest BCUT2D eigenvalue weighted by atomic mass is 32.2. The minimum atomic E-state index is -4.32. The maximum Gasteiger partial charge on any atom is 0.266 e. The van der Waals surface area contributed by atoms with Crippen molar-refractivity contribution >= 4 is 16.0 Å². The zero-order valence-electron chi connectivity index (χ0n) is 26.9. The Morgan fingerprint density at radius 1 is 0.667 bits per heavy atom. The van der Waals surface area contributed by atoms with Gasteiger partial charge in [0, 0.05) is 6.42 Å². The Bertz CT molecular complexity index is 847. The van der Waals surface area contributed by atoms with E-state index < -0.39 is 28.0 Å². The first-order valence-corrected chi connectivity index (χ1v) is 18.4. The van der Waals surface area contributed by atoms with Gasteiger partial charge in [-0.1, -0.05) is 140 Å². The Hall–Kier alpha value is -1.70. The van der Waals surface area contributed by atoms with Crippen molar-refractivity contribution in [3.63, 3.8) is 0 Å². The second-order valence-corrected chi connectivity index (χ2v) is 12.9. The lowest BCUT2D eigenvalue weighted by Crippen LogP contribution is -2.47. The van der Waals surface area contributed by atoms with Crippen LogP contribution in [0.3, 0.4) is 0 Å². The van der Waals surface area contributed by atoms with Gasteiger partial charge in [0.15, 0.2) is 0 Å². The average molecular weight is 610 g/mol. The summed E-state index contributed by atoms with van der Waals surface area (Å²) < 4.78 is 32.3. The summed E-state index contributed by atoms with van der Waals surface area (Å²) >= 11 is 0. The number of allylic oxidation sites excluding steroid dienone is 8. The van der Waals surface area contributed by atoms with Crippen molar-refractivity contribution in [2.24, 2.45) is 0 Å². The van der Waals surface area contributed by atoms with Crippen LogP contribution in [0.25, 0.3) is 0 Å². The van der Waals surface area contributed by atoms with Crippen LogP contribution < -0.4 is 5.32 Å². The van der Waals surface area contributed by atoms with Gasteiger partial charge in [0.2, 0.25) is 5.91 Å². The van der Waals surface area contributed by atoms with Crippen molar-refractivity contribution in [2.75, 3.05) is 5.75 Å². The molecule has 2 unspecified atom stereocenters. The summed E-state index contributed by atoms with van der Waals surface area (Å²) in [6, 6.07) is -0.991. The maximum atomic E-state index is 12.4. The molecule has 2 atom stereocenters. The fraction of sp³-hybridized carbons (Fsp3) is 0.743. The van der Waals surface area contributed by atoms with E-state index in [1.807, 2.05) is 0 Å². The topological polar surface area (TPSA) is 104 Å². The SMILES string of the molecule is CC/C=C\C/C=C\C/C=C\C/C=C\CCCCC(=O)NC(CS(=O)(=O)O)C(O)CCCCCCCCCCCCCC. The van der Waals surface area contributed by atoms with Gasteiger partial charge < -0.3 is 10.4 Å². The Labute approximate surface area is 259 Å². The van der Waals surface area contributed by atoms with Crippen LogP contribution >= 0.6 is 0 Å². The predicted molar refractivity (Wildman–Crippen MR) is 179 cm³/mol. The lowest BCUT2D eigenvalue weighted by Gasteiger charge is -2.23. The molecule has 0 aromatic heterocycles. The molecule has 0 aliphatic carbocycles. The van der Waals surface area contributed by atoms with Crippen LogP contribution in [0.5, 0.6) is 0 Å². The number of carbonyl (C=O) groups excluding carboxylic acids is 1. The van der Waals surface area contributed by atoms with E-state index in [1.165, 1.54) is 57.8 Å². The highest BCUT2D eigenvalue weighted by Gasteiger charge is 2.26. The molecule has 0 aromatic carbocycles. The van der Waals surface area contributed by atoms with E-state index in [2.05, 4.69) is 67.8 Å². The second kappa shape index (κ2) is 29.4. The quantitative estimate of drug-likeness (QED) is 0.0446. The molecule has 0 aromatic rings. The van der Waals surface area contributed by atoms with E-state index in [0.29, 0.717) is 12.8 Å². The second-order valence-electron chi connectivity index (χ2n) is 11.4. The number of hydrogen-bond donors (Lipinski definition) is 3. The van der Waals surface area contributed by atoms with Gasteiger partial charge >= 0.3 is 0 Å². The number of amides is 1. The third kappa shape index (κ3) is 29.8. The molecule has 244 valence electrons. The predicted octanol–water partition coefficient (Wildman–Crippen LogP) is 9.18. The largest absolute Gasteiger partial charge is 0.391 e. The monoisotopic (exact) mass is 609 g/mol. The van der Waals surface area contributed by atoms with Crippen LogP contribution in [0.15, 0.2) is 48.6 Å². The zero-order chi connectivity index (χ0) is 31.2. The van der Waals surface area contributed by atoms with Gasteiger partial charge in [-0.3, -0.25) is 9.35 Å². The van der Waals surface area contributed by atoms with E-state index in [9.17, 15) is 22.9 Å². The van der Waals surface area contributed by atoms with Gasteiger partial charge in [0.1, 0.15) is 0 Å². The first-order valence-electron chi connectivity index (χ1n) is 16.8. The van der Waals surface area contributed by atoms with Crippen LogP contribution in [0, 0.1) is 0 Å². The van der Waals surface area contributed by atoms with E-state index in [0.717, 1.165) is 57.8 Å². The summed E-state index contributed by atoms with van der Waals surface area (Å²) in [4.78, 5) is 12.4. The van der Waals surface area contributed by atoms with Crippen molar-refractivity contribution < 1.29 is 22.9 Å². The molecule has 0 saturated heterocycles. The average Bonchev–Trinajstić information content (AvgIpc) is 2.94. The van der Waals surface area contributed by atoms with Crippen LogP contribution in [-0.2, 0) is 14.9 Å². The van der Waals surface area contributed by atoms with Gasteiger partial charge in [-0.05, 0) is 51.4 Å². The van der Waals surface area contributed by atoms with E-state index in [1.54, 1.807) is 0 Å². The van der Waals surface area contributed by atoms with Crippen LogP contribution in [0.4, 0.5) is 0 Å². The molecule has 0 rings (SSSR count). The molecular formula is C35H63NO5S. The van der Waals surface area contributed by atoms with E-state index >= 15 is 0 Å². The van der Waals surface area contributed by atoms with Crippen molar-refractivity contribution in [1.29, 1.82) is 0 Å². The lowest BCUT2D eigenvalue weighted by molar-refractivity contribution is -0.122. The molecule has 0 radical (unpaired) electrons. The number of hydrogen-bond acceptors (Lipinski definition) is 4. The van der Waals surface area contributed by atoms with Gasteiger partial charge in [-0.25, -0.2) is 0 Å². The molecular weight excluding hydrogens is 546 g/mol. The van der Waals surface area contributed by atoms with Crippen LogP contribution in [0.2, 0.25) is 0 Å². The van der Waals surface area contributed by atoms with Gasteiger partial charge in [0.25, 0.3) is 10.1 Å². The highest BCUT2D eigenvalue weighted by Crippen LogP contribution is 2.14. The Morgan fingerprint density at radius 2 is 1.14 bits per heavy atom. The summed E-state index contributed by atoms with van der Waals surface area (Å²) in [6.07, 6.45) is 37.7. The standard InChI is InChI=1S/C35H63NO5S/c1-3-5-7-9-11-13-15-17-18-19-21-23-25-27-29-31-35(38)36-33(32-42(39,40)41)34(37)30-28-26-24-22-20-16-14-12-10-8-6-4-2/h5,7,11,13,17-18,21,23,33-34,37H,3-4,6,8-10,12,14-16,19-20,22,24-32H2,1-2H3,(H,36,38)(H,39,40,41)/b7-5-,13-11-,18-17-,23-21-. The molecule has 0 saturated carbocycles. The van der Waals surface area contributed by atoms with Crippen LogP contribution in [0.1, 0.15) is 149 Å². The van der Waals surface area contributed by atoms with Crippen molar-refractivity contribution in [3.8, 4) is 0 Å². The molecule has 0 spiro atoms. The number of aliphatic hydroxyl groups is 1. The van der Waals surface area contributed by atoms with Gasteiger partial charge in [-0.15, -0.1) is 0 Å². The molecule has 7 heteroatoms. The summed E-state index contributed by atoms with van der Waals surface area (Å²) in [5.41, 5.74) is 0. The van der Waals surface area contributed by atoms with Gasteiger partial charge in [0.05, 0.1) is 17.9 Å². The molecule has 1 amide bonds. The fourth-order valence-corrected chi connectivity index (χ4v) is 5.56. The molecule has 0 aliphatic rings. The number of carbonyl (C=O) groups is 1. The summed E-state index contributed by atoms with van der Waals surface area (Å²) in [7, 11) is -4.32. The Morgan fingerprint density at radius 3 is 1.64 bits per heavy atom. The zero-order valence-corrected chi connectivity index (χ0v) is 27.7. The molecule has 0 aliphatic heterocycles. The molecule has 3 N–H and O–H groups in total. The van der Waals surface area contributed by atoms with E-state index in [-0.39, 0.29) is 12.3 Å².